The fourth-order valence-electron chi connectivity index (χ4n) is 1.62. The van der Waals surface area contributed by atoms with Crippen molar-refractivity contribution in [3.63, 3.8) is 0 Å². The van der Waals surface area contributed by atoms with Crippen molar-refractivity contribution in [2.45, 2.75) is 11.7 Å². The third kappa shape index (κ3) is 2.15. The van der Waals surface area contributed by atoms with Gasteiger partial charge in [0.15, 0.2) is 0 Å². The van der Waals surface area contributed by atoms with Crippen LogP contribution in [0, 0.1) is 16.5 Å². The van der Waals surface area contributed by atoms with E-state index in [0.717, 1.165) is 16.7 Å². The normalized spacial score (nSPS) is 19.5. The van der Waals surface area contributed by atoms with Gasteiger partial charge < -0.3 is 0 Å². The molecular weight excluding hydrogens is 243 g/mol. The van der Waals surface area contributed by atoms with E-state index in [2.05, 4.69) is 0 Å². The molecule has 0 saturated carbocycles. The van der Waals surface area contributed by atoms with Crippen molar-refractivity contribution in [1.29, 1.82) is 5.26 Å². The van der Waals surface area contributed by atoms with Crippen LogP contribution in [0.15, 0.2) is 24.3 Å². The van der Waals surface area contributed by atoms with E-state index in [1.165, 1.54) is 24.3 Å². The number of carbonyl (C=O) groups is 2. The third-order valence-electron chi connectivity index (χ3n) is 2.39. The molecule has 1 aliphatic heterocycles. The van der Waals surface area contributed by atoms with Gasteiger partial charge in [-0.2, -0.15) is 5.26 Å². The van der Waals surface area contributed by atoms with E-state index >= 15 is 0 Å². The van der Waals surface area contributed by atoms with E-state index in [4.69, 9.17) is 5.26 Å². The molecule has 2 rings (SSSR count). The lowest BCUT2D eigenvalue weighted by Gasteiger charge is -2.13. The van der Waals surface area contributed by atoms with Crippen molar-refractivity contribution in [3.05, 3.63) is 30.1 Å². The molecule has 0 N–H and O–H groups in total. The highest BCUT2D eigenvalue weighted by Gasteiger charge is 2.40. The zero-order chi connectivity index (χ0) is 12.4. The van der Waals surface area contributed by atoms with Crippen molar-refractivity contribution in [1.82, 2.24) is 0 Å². The smallest absolute Gasteiger partial charge is 0.248 e. The van der Waals surface area contributed by atoms with Crippen molar-refractivity contribution in [2.24, 2.45) is 0 Å². The molecular formula is C11H7FN2O2S. The summed E-state index contributed by atoms with van der Waals surface area (Å²) in [4.78, 5) is 24.5. The summed E-state index contributed by atoms with van der Waals surface area (Å²) in [6.45, 7) is 0. The van der Waals surface area contributed by atoms with Gasteiger partial charge in [0.2, 0.25) is 11.8 Å². The first-order chi connectivity index (χ1) is 8.13. The van der Waals surface area contributed by atoms with E-state index in [0.29, 0.717) is 5.69 Å². The average molecular weight is 250 g/mol. The lowest BCUT2D eigenvalue weighted by atomic mass is 10.3. The molecule has 4 nitrogen and oxygen atoms in total. The number of anilines is 1. The lowest BCUT2D eigenvalue weighted by Crippen LogP contribution is -2.30. The standard InChI is InChI=1S/C11H7FN2O2S/c12-7-1-3-8(4-2-7)14-10(15)5-9(11(14)16)17-6-13/h1-4,9H,5H2. The highest BCUT2D eigenvalue weighted by Crippen LogP contribution is 2.28. The van der Waals surface area contributed by atoms with Gasteiger partial charge in [0, 0.05) is 6.42 Å². The van der Waals surface area contributed by atoms with Crippen LogP contribution in [-0.2, 0) is 9.59 Å². The van der Waals surface area contributed by atoms with Gasteiger partial charge in [0.25, 0.3) is 0 Å². The molecule has 1 aliphatic rings. The number of halogens is 1. The number of thiocyanates is 1. The Morgan fingerprint density at radius 1 is 1.35 bits per heavy atom. The van der Waals surface area contributed by atoms with Gasteiger partial charge in [-0.3, -0.25) is 9.59 Å². The van der Waals surface area contributed by atoms with E-state index in [9.17, 15) is 14.0 Å². The molecule has 1 atom stereocenters. The minimum Gasteiger partial charge on any atom is -0.274 e. The predicted octanol–water partition coefficient (Wildman–Crippen LogP) is 1.67. The SMILES string of the molecule is N#CSC1CC(=O)N(c2ccc(F)cc2)C1=O. The number of imide groups is 1. The number of nitrogens with zero attached hydrogens (tertiary/aromatic N) is 2. The molecule has 1 aromatic carbocycles. The van der Waals surface area contributed by atoms with E-state index in [1.807, 2.05) is 0 Å². The van der Waals surface area contributed by atoms with Crippen molar-refractivity contribution in [3.8, 4) is 5.40 Å². The Bertz CT molecular complexity index is 509. The number of hydrogen-bond acceptors (Lipinski definition) is 4. The first-order valence-corrected chi connectivity index (χ1v) is 5.68. The fraction of sp³-hybridized carbons (Fsp3) is 0.182. The first kappa shape index (κ1) is 11.6. The summed E-state index contributed by atoms with van der Waals surface area (Å²) in [5.74, 6) is -1.22. The molecule has 0 bridgehead atoms. The second-order valence-corrected chi connectivity index (χ2v) is 4.43. The maximum Gasteiger partial charge on any atom is 0.248 e. The molecule has 17 heavy (non-hydrogen) atoms. The minimum absolute atomic E-state index is 0.00837. The largest absolute Gasteiger partial charge is 0.274 e. The van der Waals surface area contributed by atoms with Crippen LogP contribution in [0.25, 0.3) is 0 Å². The molecule has 0 radical (unpaired) electrons. The second kappa shape index (κ2) is 4.55. The first-order valence-electron chi connectivity index (χ1n) is 4.80. The Morgan fingerprint density at radius 3 is 2.59 bits per heavy atom. The monoisotopic (exact) mass is 250 g/mol. The highest BCUT2D eigenvalue weighted by atomic mass is 32.2. The molecule has 1 heterocycles. The quantitative estimate of drug-likeness (QED) is 0.591. The van der Waals surface area contributed by atoms with Gasteiger partial charge in [-0.25, -0.2) is 9.29 Å². The molecule has 1 aromatic rings. The predicted molar refractivity (Wildman–Crippen MR) is 60.5 cm³/mol. The summed E-state index contributed by atoms with van der Waals surface area (Å²) < 4.78 is 12.7. The van der Waals surface area contributed by atoms with Gasteiger partial charge in [-0.05, 0) is 36.0 Å². The number of carbonyl (C=O) groups excluding carboxylic acids is 2. The van der Waals surface area contributed by atoms with Crippen LogP contribution in [0.4, 0.5) is 10.1 Å². The summed E-state index contributed by atoms with van der Waals surface area (Å²) in [6, 6.07) is 5.09. The summed E-state index contributed by atoms with van der Waals surface area (Å²) in [5.41, 5.74) is 0.336. The maximum atomic E-state index is 12.7. The van der Waals surface area contributed by atoms with Crippen LogP contribution in [0.3, 0.4) is 0 Å². The van der Waals surface area contributed by atoms with Crippen LogP contribution >= 0.6 is 11.8 Å². The van der Waals surface area contributed by atoms with Gasteiger partial charge in [-0.15, -0.1) is 0 Å². The van der Waals surface area contributed by atoms with Crippen LogP contribution in [0.1, 0.15) is 6.42 Å². The Hall–Kier alpha value is -1.87. The lowest BCUT2D eigenvalue weighted by molar-refractivity contribution is -0.121. The van der Waals surface area contributed by atoms with Gasteiger partial charge >= 0.3 is 0 Å². The van der Waals surface area contributed by atoms with Crippen molar-refractivity contribution < 1.29 is 14.0 Å². The van der Waals surface area contributed by atoms with Crippen LogP contribution in [-0.4, -0.2) is 17.1 Å². The summed E-state index contributed by atoms with van der Waals surface area (Å²) in [7, 11) is 0. The number of rotatable bonds is 2. The van der Waals surface area contributed by atoms with Gasteiger partial charge in [0.05, 0.1) is 5.69 Å². The summed E-state index contributed by atoms with van der Waals surface area (Å²) >= 11 is 0.772. The molecule has 86 valence electrons. The number of thioether (sulfide) groups is 1. The molecule has 0 aliphatic carbocycles. The molecule has 2 amide bonds. The Morgan fingerprint density at radius 2 is 2.00 bits per heavy atom. The third-order valence-corrected chi connectivity index (χ3v) is 3.14. The molecule has 1 fully saturated rings. The molecule has 0 spiro atoms. The van der Waals surface area contributed by atoms with Crippen LogP contribution in [0.5, 0.6) is 0 Å². The minimum atomic E-state index is -0.655. The fourth-order valence-corrected chi connectivity index (χ4v) is 2.18. The summed E-state index contributed by atoms with van der Waals surface area (Å²) in [6.07, 6.45) is 0.00837. The Kier molecular flexibility index (Phi) is 3.11. The zero-order valence-electron chi connectivity index (χ0n) is 8.59. The van der Waals surface area contributed by atoms with Gasteiger partial charge in [-0.1, -0.05) is 0 Å². The van der Waals surface area contributed by atoms with Crippen LogP contribution < -0.4 is 4.90 Å². The van der Waals surface area contributed by atoms with Gasteiger partial charge in [0.1, 0.15) is 16.5 Å². The Labute approximate surface area is 101 Å². The number of hydrogen-bond donors (Lipinski definition) is 0. The van der Waals surface area contributed by atoms with Crippen molar-refractivity contribution >= 4 is 29.3 Å². The molecule has 1 saturated heterocycles. The van der Waals surface area contributed by atoms with E-state index in [-0.39, 0.29) is 12.3 Å². The Balaban J connectivity index is 2.28. The molecule has 0 aromatic heterocycles. The topological polar surface area (TPSA) is 61.2 Å². The van der Waals surface area contributed by atoms with E-state index in [1.54, 1.807) is 5.40 Å². The number of amides is 2. The zero-order valence-corrected chi connectivity index (χ0v) is 9.41. The highest BCUT2D eigenvalue weighted by molar-refractivity contribution is 8.05. The number of nitriles is 1. The second-order valence-electron chi connectivity index (χ2n) is 3.45. The van der Waals surface area contributed by atoms with Crippen LogP contribution in [0.2, 0.25) is 0 Å². The summed E-state index contributed by atoms with van der Waals surface area (Å²) in [5, 5.41) is 9.65. The van der Waals surface area contributed by atoms with Crippen molar-refractivity contribution in [2.75, 3.05) is 4.90 Å². The maximum absolute atomic E-state index is 12.7. The molecule has 6 heteroatoms. The average Bonchev–Trinajstić information content (AvgIpc) is 2.57. The molecule has 1 unspecified atom stereocenters. The number of benzene rings is 1. The van der Waals surface area contributed by atoms with E-state index < -0.39 is 17.0 Å².